The summed E-state index contributed by atoms with van der Waals surface area (Å²) in [4.78, 5) is 0. The van der Waals surface area contributed by atoms with Crippen LogP contribution >= 0.6 is 11.6 Å². The van der Waals surface area contributed by atoms with Gasteiger partial charge >= 0.3 is 0 Å². The number of rotatable bonds is 7. The molecule has 1 unspecified atom stereocenters. The summed E-state index contributed by atoms with van der Waals surface area (Å²) in [5.41, 5.74) is 0.671. The molecule has 2 rings (SSSR count). The van der Waals surface area contributed by atoms with Crippen molar-refractivity contribution in [1.82, 2.24) is 9.78 Å². The molecule has 0 aliphatic rings. The Morgan fingerprint density at radius 3 is 2.80 bits per heavy atom. The Labute approximate surface area is 123 Å². The molecule has 0 spiro atoms. The fourth-order valence-electron chi connectivity index (χ4n) is 2.04. The van der Waals surface area contributed by atoms with Gasteiger partial charge in [0.1, 0.15) is 11.9 Å². The Bertz CT molecular complexity index is 528. The van der Waals surface area contributed by atoms with E-state index in [9.17, 15) is 5.11 Å². The van der Waals surface area contributed by atoms with Gasteiger partial charge in [-0.2, -0.15) is 5.10 Å². The SMILES string of the molecule is CCCn1ncc(Cl)c1C(O)CCOc1ccccc1. The molecule has 0 saturated carbocycles. The molecule has 1 atom stereocenters. The molecule has 0 bridgehead atoms. The van der Waals surface area contributed by atoms with Crippen LogP contribution in [0.25, 0.3) is 0 Å². The van der Waals surface area contributed by atoms with Gasteiger partial charge in [-0.3, -0.25) is 4.68 Å². The van der Waals surface area contributed by atoms with Crippen molar-refractivity contribution < 1.29 is 9.84 Å². The van der Waals surface area contributed by atoms with E-state index in [1.165, 1.54) is 0 Å². The maximum Gasteiger partial charge on any atom is 0.119 e. The zero-order valence-electron chi connectivity index (χ0n) is 11.5. The van der Waals surface area contributed by atoms with E-state index in [-0.39, 0.29) is 0 Å². The molecule has 0 saturated heterocycles. The summed E-state index contributed by atoms with van der Waals surface area (Å²) >= 11 is 6.09. The first-order valence-electron chi connectivity index (χ1n) is 6.79. The minimum atomic E-state index is -0.666. The van der Waals surface area contributed by atoms with E-state index in [4.69, 9.17) is 16.3 Å². The lowest BCUT2D eigenvalue weighted by Gasteiger charge is -2.14. The quantitative estimate of drug-likeness (QED) is 0.851. The van der Waals surface area contributed by atoms with Gasteiger partial charge in [-0.15, -0.1) is 0 Å². The molecular weight excluding hydrogens is 276 g/mol. The summed E-state index contributed by atoms with van der Waals surface area (Å²) in [6, 6.07) is 9.55. The first-order chi connectivity index (χ1) is 9.72. The fourth-order valence-corrected chi connectivity index (χ4v) is 2.30. The van der Waals surface area contributed by atoms with Gasteiger partial charge in [0.2, 0.25) is 0 Å². The molecule has 108 valence electrons. The van der Waals surface area contributed by atoms with Crippen molar-refractivity contribution in [2.24, 2.45) is 0 Å². The molecule has 0 fully saturated rings. The maximum absolute atomic E-state index is 10.3. The third kappa shape index (κ3) is 3.74. The van der Waals surface area contributed by atoms with Crippen LogP contribution in [0.15, 0.2) is 36.5 Å². The van der Waals surface area contributed by atoms with Crippen LogP contribution in [0.3, 0.4) is 0 Å². The van der Waals surface area contributed by atoms with Crippen LogP contribution in [-0.4, -0.2) is 21.5 Å². The standard InChI is InChI=1S/C15H19ClN2O2/c1-2-9-18-15(13(16)11-17-18)14(19)8-10-20-12-6-4-3-5-7-12/h3-7,11,14,19H,2,8-10H2,1H3. The van der Waals surface area contributed by atoms with Crippen LogP contribution in [0.5, 0.6) is 5.75 Å². The minimum Gasteiger partial charge on any atom is -0.493 e. The van der Waals surface area contributed by atoms with E-state index in [2.05, 4.69) is 12.0 Å². The number of halogens is 1. The van der Waals surface area contributed by atoms with Crippen molar-refractivity contribution in [3.05, 3.63) is 47.2 Å². The van der Waals surface area contributed by atoms with Crippen LogP contribution < -0.4 is 4.74 Å². The third-order valence-corrected chi connectivity index (χ3v) is 3.28. The molecular formula is C15H19ClN2O2. The monoisotopic (exact) mass is 294 g/mol. The molecule has 0 radical (unpaired) electrons. The van der Waals surface area contributed by atoms with Gasteiger partial charge in [-0.05, 0) is 18.6 Å². The predicted molar refractivity (Wildman–Crippen MR) is 79.0 cm³/mol. The third-order valence-electron chi connectivity index (χ3n) is 2.99. The zero-order valence-corrected chi connectivity index (χ0v) is 12.3. The minimum absolute atomic E-state index is 0.429. The highest BCUT2D eigenvalue weighted by Crippen LogP contribution is 2.25. The van der Waals surface area contributed by atoms with Crippen molar-refractivity contribution >= 4 is 11.6 Å². The van der Waals surface area contributed by atoms with Crippen LogP contribution in [0.1, 0.15) is 31.6 Å². The summed E-state index contributed by atoms with van der Waals surface area (Å²) in [6.07, 6.45) is 2.33. The number of ether oxygens (including phenoxy) is 1. The highest BCUT2D eigenvalue weighted by Gasteiger charge is 2.17. The molecule has 1 heterocycles. The predicted octanol–water partition coefficient (Wildman–Crippen LogP) is 3.45. The van der Waals surface area contributed by atoms with E-state index in [1.807, 2.05) is 30.3 Å². The van der Waals surface area contributed by atoms with Gasteiger partial charge in [0.05, 0.1) is 23.5 Å². The maximum atomic E-state index is 10.3. The summed E-state index contributed by atoms with van der Waals surface area (Å²) in [5, 5.41) is 14.9. The number of hydrogen-bond acceptors (Lipinski definition) is 3. The average Bonchev–Trinajstić information content (AvgIpc) is 2.81. The van der Waals surface area contributed by atoms with Gasteiger partial charge in [-0.1, -0.05) is 36.7 Å². The molecule has 1 aromatic carbocycles. The Morgan fingerprint density at radius 1 is 1.35 bits per heavy atom. The number of aliphatic hydroxyl groups is 1. The van der Waals surface area contributed by atoms with Gasteiger partial charge in [0.25, 0.3) is 0 Å². The molecule has 1 N–H and O–H groups in total. The molecule has 4 nitrogen and oxygen atoms in total. The number of aromatic nitrogens is 2. The number of hydrogen-bond donors (Lipinski definition) is 1. The molecule has 1 aromatic heterocycles. The largest absolute Gasteiger partial charge is 0.493 e. The van der Waals surface area contributed by atoms with Gasteiger partial charge in [0, 0.05) is 13.0 Å². The van der Waals surface area contributed by atoms with E-state index in [0.717, 1.165) is 18.7 Å². The number of para-hydroxylation sites is 1. The van der Waals surface area contributed by atoms with Crippen molar-refractivity contribution in [2.75, 3.05) is 6.61 Å². The van der Waals surface area contributed by atoms with Crippen molar-refractivity contribution in [3.63, 3.8) is 0 Å². The van der Waals surface area contributed by atoms with Crippen LogP contribution in [-0.2, 0) is 6.54 Å². The smallest absolute Gasteiger partial charge is 0.119 e. The average molecular weight is 295 g/mol. The van der Waals surface area contributed by atoms with Gasteiger partial charge in [0.15, 0.2) is 0 Å². The molecule has 0 amide bonds. The fraction of sp³-hybridized carbons (Fsp3) is 0.400. The zero-order chi connectivity index (χ0) is 14.4. The second-order valence-corrected chi connectivity index (χ2v) is 4.97. The topological polar surface area (TPSA) is 47.3 Å². The Hall–Kier alpha value is -1.52. The van der Waals surface area contributed by atoms with E-state index in [1.54, 1.807) is 10.9 Å². The first kappa shape index (κ1) is 14.9. The van der Waals surface area contributed by atoms with Gasteiger partial charge < -0.3 is 9.84 Å². The van der Waals surface area contributed by atoms with Gasteiger partial charge in [-0.25, -0.2) is 0 Å². The first-order valence-corrected chi connectivity index (χ1v) is 7.17. The Morgan fingerprint density at radius 2 is 2.10 bits per heavy atom. The highest BCUT2D eigenvalue weighted by molar-refractivity contribution is 6.31. The lowest BCUT2D eigenvalue weighted by atomic mass is 10.2. The summed E-state index contributed by atoms with van der Waals surface area (Å²) < 4.78 is 7.34. The lowest BCUT2D eigenvalue weighted by molar-refractivity contribution is 0.131. The normalized spacial score (nSPS) is 12.3. The highest BCUT2D eigenvalue weighted by atomic mass is 35.5. The number of aliphatic hydroxyl groups excluding tert-OH is 1. The number of aryl methyl sites for hydroxylation is 1. The van der Waals surface area contributed by atoms with Crippen molar-refractivity contribution in [1.29, 1.82) is 0 Å². The van der Waals surface area contributed by atoms with E-state index < -0.39 is 6.10 Å². The lowest BCUT2D eigenvalue weighted by Crippen LogP contribution is -2.12. The number of benzene rings is 1. The van der Waals surface area contributed by atoms with Crippen molar-refractivity contribution in [2.45, 2.75) is 32.4 Å². The second kappa shape index (κ2) is 7.31. The van der Waals surface area contributed by atoms with Crippen LogP contribution in [0.4, 0.5) is 0 Å². The van der Waals surface area contributed by atoms with E-state index >= 15 is 0 Å². The Kier molecular flexibility index (Phi) is 5.44. The second-order valence-electron chi connectivity index (χ2n) is 4.57. The van der Waals surface area contributed by atoms with Crippen LogP contribution in [0.2, 0.25) is 5.02 Å². The molecule has 2 aromatic rings. The molecule has 20 heavy (non-hydrogen) atoms. The van der Waals surface area contributed by atoms with Crippen LogP contribution in [0, 0.1) is 0 Å². The summed E-state index contributed by atoms with van der Waals surface area (Å²) in [6.45, 7) is 3.24. The molecule has 0 aliphatic heterocycles. The van der Waals surface area contributed by atoms with Crippen molar-refractivity contribution in [3.8, 4) is 5.75 Å². The van der Waals surface area contributed by atoms with E-state index in [0.29, 0.717) is 23.7 Å². The molecule has 5 heteroatoms. The molecule has 0 aliphatic carbocycles. The summed E-state index contributed by atoms with van der Waals surface area (Å²) in [5.74, 6) is 0.799. The summed E-state index contributed by atoms with van der Waals surface area (Å²) in [7, 11) is 0. The Balaban J connectivity index is 1.91. The number of nitrogens with zero attached hydrogens (tertiary/aromatic N) is 2.